The van der Waals surface area contributed by atoms with Gasteiger partial charge in [0.1, 0.15) is 0 Å². The molecule has 2 N–H and O–H groups in total. The molecule has 1 aromatic carbocycles. The standard InChI is InChI=1S/C14H20BrNO4S/c15-13-5-4-12(9-17)8-14(13)21(18,19)16-6-1-7-20-10-11-2-3-11/h4-5,8,11,16-17H,1-3,6-7,9-10H2. The van der Waals surface area contributed by atoms with Gasteiger partial charge in [0.15, 0.2) is 0 Å². The third-order valence-electron chi connectivity index (χ3n) is 3.28. The first-order valence-electron chi connectivity index (χ1n) is 6.99. The lowest BCUT2D eigenvalue weighted by atomic mass is 10.2. The average molecular weight is 378 g/mol. The molecule has 1 aliphatic rings. The van der Waals surface area contributed by atoms with E-state index >= 15 is 0 Å². The van der Waals surface area contributed by atoms with Crippen molar-refractivity contribution in [1.29, 1.82) is 0 Å². The second-order valence-corrected chi connectivity index (χ2v) is 7.78. The predicted octanol–water partition coefficient (Wildman–Crippen LogP) is 2.04. The number of hydrogen-bond donors (Lipinski definition) is 2. The van der Waals surface area contributed by atoms with Gasteiger partial charge in [0.05, 0.1) is 11.5 Å². The summed E-state index contributed by atoms with van der Waals surface area (Å²) < 4.78 is 32.9. The molecule has 2 rings (SSSR count). The summed E-state index contributed by atoms with van der Waals surface area (Å²) in [5.74, 6) is 0.721. The third-order valence-corrected chi connectivity index (χ3v) is 5.73. The highest BCUT2D eigenvalue weighted by Gasteiger charge is 2.21. The number of ether oxygens (including phenoxy) is 1. The van der Waals surface area contributed by atoms with E-state index in [4.69, 9.17) is 9.84 Å². The number of benzene rings is 1. The Kier molecular flexibility index (Phi) is 6.19. The number of nitrogens with one attached hydrogen (secondary N) is 1. The molecule has 0 atom stereocenters. The van der Waals surface area contributed by atoms with E-state index in [9.17, 15) is 8.42 Å². The van der Waals surface area contributed by atoms with Gasteiger partial charge in [-0.15, -0.1) is 0 Å². The minimum absolute atomic E-state index is 0.146. The lowest BCUT2D eigenvalue weighted by Gasteiger charge is -2.10. The number of halogens is 1. The summed E-state index contributed by atoms with van der Waals surface area (Å²) in [5, 5.41) is 9.09. The lowest BCUT2D eigenvalue weighted by Crippen LogP contribution is -2.26. The maximum Gasteiger partial charge on any atom is 0.241 e. The first-order valence-corrected chi connectivity index (χ1v) is 9.27. The van der Waals surface area contributed by atoms with Gasteiger partial charge in [-0.2, -0.15) is 0 Å². The maximum absolute atomic E-state index is 12.2. The number of sulfonamides is 1. The molecule has 0 unspecified atom stereocenters. The van der Waals surface area contributed by atoms with Crippen LogP contribution in [0.5, 0.6) is 0 Å². The Balaban J connectivity index is 1.82. The monoisotopic (exact) mass is 377 g/mol. The van der Waals surface area contributed by atoms with E-state index in [1.165, 1.54) is 18.9 Å². The minimum atomic E-state index is -3.58. The van der Waals surface area contributed by atoms with Crippen molar-refractivity contribution in [2.45, 2.75) is 30.8 Å². The molecule has 0 radical (unpaired) electrons. The molecule has 118 valence electrons. The van der Waals surface area contributed by atoms with Crippen LogP contribution in [-0.2, 0) is 21.4 Å². The number of hydrogen-bond acceptors (Lipinski definition) is 4. The topological polar surface area (TPSA) is 75.6 Å². The zero-order valence-electron chi connectivity index (χ0n) is 11.7. The zero-order valence-corrected chi connectivity index (χ0v) is 14.1. The van der Waals surface area contributed by atoms with Gasteiger partial charge >= 0.3 is 0 Å². The molecule has 1 fully saturated rings. The van der Waals surface area contributed by atoms with E-state index in [1.807, 2.05) is 0 Å². The van der Waals surface area contributed by atoms with Gasteiger partial charge in [0.2, 0.25) is 10.0 Å². The molecule has 0 bridgehead atoms. The van der Waals surface area contributed by atoms with Crippen LogP contribution in [0.15, 0.2) is 27.6 Å². The largest absolute Gasteiger partial charge is 0.392 e. The van der Waals surface area contributed by atoms with E-state index in [-0.39, 0.29) is 11.5 Å². The minimum Gasteiger partial charge on any atom is -0.392 e. The predicted molar refractivity (Wildman–Crippen MR) is 83.4 cm³/mol. The van der Waals surface area contributed by atoms with Gasteiger partial charge in [-0.05, 0) is 58.8 Å². The molecule has 21 heavy (non-hydrogen) atoms. The van der Waals surface area contributed by atoms with Crippen LogP contribution in [0.25, 0.3) is 0 Å². The summed E-state index contributed by atoms with van der Waals surface area (Å²) in [5.41, 5.74) is 0.561. The van der Waals surface area contributed by atoms with Crippen molar-refractivity contribution in [3.8, 4) is 0 Å². The Morgan fingerprint density at radius 2 is 2.14 bits per heavy atom. The summed E-state index contributed by atoms with van der Waals surface area (Å²) in [7, 11) is -3.58. The Morgan fingerprint density at radius 3 is 2.81 bits per heavy atom. The smallest absolute Gasteiger partial charge is 0.241 e. The van der Waals surface area contributed by atoms with Crippen molar-refractivity contribution in [3.05, 3.63) is 28.2 Å². The normalized spacial score (nSPS) is 15.3. The maximum atomic E-state index is 12.2. The number of aliphatic hydroxyl groups excluding tert-OH is 1. The molecule has 5 nitrogen and oxygen atoms in total. The molecule has 1 aromatic rings. The SMILES string of the molecule is O=S(=O)(NCCCOCC1CC1)c1cc(CO)ccc1Br. The van der Waals surface area contributed by atoms with E-state index in [0.29, 0.717) is 29.6 Å². The summed E-state index contributed by atoms with van der Waals surface area (Å²) in [6, 6.07) is 4.77. The van der Waals surface area contributed by atoms with Gasteiger partial charge in [0, 0.05) is 24.2 Å². The van der Waals surface area contributed by atoms with Crippen molar-refractivity contribution in [2.75, 3.05) is 19.8 Å². The molecule has 0 aliphatic heterocycles. The lowest BCUT2D eigenvalue weighted by molar-refractivity contribution is 0.123. The highest BCUT2D eigenvalue weighted by Crippen LogP contribution is 2.28. The van der Waals surface area contributed by atoms with E-state index in [0.717, 1.165) is 12.5 Å². The molecule has 0 spiro atoms. The fourth-order valence-electron chi connectivity index (χ4n) is 1.85. The highest BCUT2D eigenvalue weighted by atomic mass is 79.9. The van der Waals surface area contributed by atoms with Gasteiger partial charge in [-0.1, -0.05) is 6.07 Å². The average Bonchev–Trinajstić information content (AvgIpc) is 3.27. The molecule has 0 heterocycles. The van der Waals surface area contributed by atoms with Gasteiger partial charge in [-0.3, -0.25) is 0 Å². The first kappa shape index (κ1) is 16.9. The second-order valence-electron chi connectivity index (χ2n) is 5.19. The molecule has 7 heteroatoms. The van der Waals surface area contributed by atoms with Gasteiger partial charge in [-0.25, -0.2) is 13.1 Å². The van der Waals surface area contributed by atoms with Crippen LogP contribution in [0.3, 0.4) is 0 Å². The van der Waals surface area contributed by atoms with Crippen LogP contribution < -0.4 is 4.72 Å². The van der Waals surface area contributed by atoms with E-state index in [2.05, 4.69) is 20.7 Å². The molecule has 1 aliphatic carbocycles. The molecular formula is C14H20BrNO4S. The summed E-state index contributed by atoms with van der Waals surface area (Å²) in [6.45, 7) is 1.50. The highest BCUT2D eigenvalue weighted by molar-refractivity contribution is 9.10. The van der Waals surface area contributed by atoms with Crippen LogP contribution in [-0.4, -0.2) is 33.3 Å². The zero-order chi connectivity index (χ0) is 15.3. The van der Waals surface area contributed by atoms with Gasteiger partial charge < -0.3 is 9.84 Å². The van der Waals surface area contributed by atoms with Crippen LogP contribution in [0.1, 0.15) is 24.8 Å². The van der Waals surface area contributed by atoms with Crippen molar-refractivity contribution in [3.63, 3.8) is 0 Å². The molecule has 0 saturated heterocycles. The van der Waals surface area contributed by atoms with Crippen molar-refractivity contribution < 1.29 is 18.3 Å². The molecule has 0 aromatic heterocycles. The Morgan fingerprint density at radius 1 is 1.38 bits per heavy atom. The fraction of sp³-hybridized carbons (Fsp3) is 0.571. The first-order chi connectivity index (χ1) is 10.0. The van der Waals surface area contributed by atoms with Crippen molar-refractivity contribution >= 4 is 26.0 Å². The quantitative estimate of drug-likeness (QED) is 0.645. The molecular weight excluding hydrogens is 358 g/mol. The molecule has 0 amide bonds. The summed E-state index contributed by atoms with van der Waals surface area (Å²) in [4.78, 5) is 0.146. The van der Waals surface area contributed by atoms with E-state index in [1.54, 1.807) is 12.1 Å². The number of aliphatic hydroxyl groups is 1. The third kappa shape index (κ3) is 5.34. The van der Waals surface area contributed by atoms with Crippen LogP contribution in [0.4, 0.5) is 0 Å². The Bertz CT molecular complexity index is 572. The Hall–Kier alpha value is -0.470. The van der Waals surface area contributed by atoms with Crippen LogP contribution >= 0.6 is 15.9 Å². The second kappa shape index (κ2) is 7.69. The fourth-order valence-corrected chi connectivity index (χ4v) is 3.93. The number of rotatable bonds is 9. The van der Waals surface area contributed by atoms with Gasteiger partial charge in [0.25, 0.3) is 0 Å². The van der Waals surface area contributed by atoms with Crippen molar-refractivity contribution in [2.24, 2.45) is 5.92 Å². The summed E-state index contributed by atoms with van der Waals surface area (Å²) >= 11 is 3.23. The molecule has 1 saturated carbocycles. The Labute approximate surface area is 133 Å². The van der Waals surface area contributed by atoms with E-state index < -0.39 is 10.0 Å². The van der Waals surface area contributed by atoms with Crippen molar-refractivity contribution in [1.82, 2.24) is 4.72 Å². The van der Waals surface area contributed by atoms with Crippen LogP contribution in [0.2, 0.25) is 0 Å². The summed E-state index contributed by atoms with van der Waals surface area (Å²) in [6.07, 6.45) is 3.15. The van der Waals surface area contributed by atoms with Crippen LogP contribution in [0, 0.1) is 5.92 Å².